The minimum absolute atomic E-state index is 0.113. The molecule has 1 unspecified atom stereocenters. The molecule has 0 spiro atoms. The van der Waals surface area contributed by atoms with Crippen molar-refractivity contribution in [3.63, 3.8) is 0 Å². The van der Waals surface area contributed by atoms with Crippen LogP contribution in [0.4, 0.5) is 4.79 Å². The molecule has 0 aromatic carbocycles. The molecule has 6 nitrogen and oxygen atoms in total. The van der Waals surface area contributed by atoms with Crippen LogP contribution in [0.25, 0.3) is 0 Å². The van der Waals surface area contributed by atoms with E-state index < -0.39 is 6.09 Å². The van der Waals surface area contributed by atoms with Gasteiger partial charge < -0.3 is 9.47 Å². The summed E-state index contributed by atoms with van der Waals surface area (Å²) in [6.07, 6.45) is 0.142. The highest BCUT2D eigenvalue weighted by atomic mass is 16.5. The minimum atomic E-state index is -0.578. The molecule has 0 aromatic rings. The van der Waals surface area contributed by atoms with Crippen LogP contribution in [-0.4, -0.2) is 31.8 Å². The third kappa shape index (κ3) is 6.24. The molecule has 0 aliphatic rings. The molecule has 0 radical (unpaired) electrons. The van der Waals surface area contributed by atoms with Crippen LogP contribution in [0.15, 0.2) is 0 Å². The van der Waals surface area contributed by atoms with E-state index in [9.17, 15) is 9.59 Å². The summed E-state index contributed by atoms with van der Waals surface area (Å²) in [5.74, 6) is -0.344. The lowest BCUT2D eigenvalue weighted by Crippen LogP contribution is -2.46. The van der Waals surface area contributed by atoms with Crippen molar-refractivity contribution in [2.45, 2.75) is 26.3 Å². The summed E-state index contributed by atoms with van der Waals surface area (Å²) in [5, 5.41) is 0. The van der Waals surface area contributed by atoms with E-state index in [0.29, 0.717) is 0 Å². The van der Waals surface area contributed by atoms with Crippen LogP contribution in [-0.2, 0) is 14.3 Å². The summed E-state index contributed by atoms with van der Waals surface area (Å²) in [6, 6.07) is -0.113. The van der Waals surface area contributed by atoms with E-state index in [1.54, 1.807) is 0 Å². The van der Waals surface area contributed by atoms with Crippen molar-refractivity contribution < 1.29 is 19.1 Å². The van der Waals surface area contributed by atoms with Gasteiger partial charge in [0.1, 0.15) is 6.61 Å². The fraction of sp³-hybridized carbons (Fsp3) is 0.750. The van der Waals surface area contributed by atoms with Crippen molar-refractivity contribution >= 4 is 12.1 Å². The minimum Gasteiger partial charge on any atom is -0.464 e. The topological polar surface area (TPSA) is 76.7 Å². The predicted molar refractivity (Wildman–Crippen MR) is 49.4 cm³/mol. The molecule has 0 bridgehead atoms. The van der Waals surface area contributed by atoms with Gasteiger partial charge in [-0.05, 0) is 6.42 Å². The van der Waals surface area contributed by atoms with Crippen LogP contribution in [0.3, 0.4) is 0 Å². The molecular formula is C8H16N2O4. The van der Waals surface area contributed by atoms with E-state index in [1.165, 1.54) is 14.0 Å². The van der Waals surface area contributed by atoms with Gasteiger partial charge in [0.2, 0.25) is 0 Å². The van der Waals surface area contributed by atoms with Gasteiger partial charge in [-0.3, -0.25) is 10.2 Å². The zero-order chi connectivity index (χ0) is 11.0. The number of hydrogen-bond acceptors (Lipinski definition) is 5. The lowest BCUT2D eigenvalue weighted by molar-refractivity contribution is -0.141. The van der Waals surface area contributed by atoms with E-state index in [4.69, 9.17) is 4.74 Å². The maximum atomic E-state index is 10.7. The number of nitrogens with one attached hydrogen (secondary N) is 2. The summed E-state index contributed by atoms with van der Waals surface area (Å²) in [5.41, 5.74) is 4.98. The van der Waals surface area contributed by atoms with Gasteiger partial charge in [-0.15, -0.1) is 0 Å². The number of ether oxygens (including phenoxy) is 2. The SMILES string of the molecule is CCC(COC(C)=O)NNC(=O)OC. The first-order valence-corrected chi connectivity index (χ1v) is 4.33. The van der Waals surface area contributed by atoms with Crippen molar-refractivity contribution in [1.82, 2.24) is 10.9 Å². The number of methoxy groups -OCH3 is 1. The van der Waals surface area contributed by atoms with Crippen molar-refractivity contribution in [2.24, 2.45) is 0 Å². The highest BCUT2D eigenvalue weighted by Crippen LogP contribution is 1.91. The van der Waals surface area contributed by atoms with Crippen LogP contribution in [0, 0.1) is 0 Å². The second-order valence-corrected chi connectivity index (χ2v) is 2.67. The van der Waals surface area contributed by atoms with Gasteiger partial charge in [-0.1, -0.05) is 6.92 Å². The van der Waals surface area contributed by atoms with Crippen molar-refractivity contribution in [2.75, 3.05) is 13.7 Å². The van der Waals surface area contributed by atoms with Gasteiger partial charge in [0, 0.05) is 6.92 Å². The molecule has 0 aromatic heterocycles. The molecule has 0 saturated heterocycles. The molecule has 14 heavy (non-hydrogen) atoms. The van der Waals surface area contributed by atoms with Crippen LogP contribution in [0.1, 0.15) is 20.3 Å². The molecule has 0 fully saturated rings. The molecule has 1 amide bonds. The Balaban J connectivity index is 3.68. The fourth-order valence-corrected chi connectivity index (χ4v) is 0.692. The Bertz CT molecular complexity index is 196. The average molecular weight is 204 g/mol. The Morgan fingerprint density at radius 1 is 1.43 bits per heavy atom. The van der Waals surface area contributed by atoms with Gasteiger partial charge in [-0.25, -0.2) is 10.2 Å². The smallest absolute Gasteiger partial charge is 0.421 e. The number of amides is 1. The summed E-state index contributed by atoms with van der Waals surface area (Å²) in [6.45, 7) is 3.45. The number of esters is 1. The molecule has 82 valence electrons. The van der Waals surface area contributed by atoms with Gasteiger partial charge in [0.15, 0.2) is 0 Å². The highest BCUT2D eigenvalue weighted by Gasteiger charge is 2.08. The molecular weight excluding hydrogens is 188 g/mol. The first-order valence-electron chi connectivity index (χ1n) is 4.33. The molecule has 0 aliphatic carbocycles. The maximum absolute atomic E-state index is 10.7. The molecule has 6 heteroatoms. The third-order valence-corrected chi connectivity index (χ3v) is 1.54. The fourth-order valence-electron chi connectivity index (χ4n) is 0.692. The number of hydrazine groups is 1. The molecule has 0 saturated carbocycles. The summed E-state index contributed by atoms with van der Waals surface area (Å²) >= 11 is 0. The maximum Gasteiger partial charge on any atom is 0.421 e. The van der Waals surface area contributed by atoms with Gasteiger partial charge in [0.25, 0.3) is 0 Å². The second-order valence-electron chi connectivity index (χ2n) is 2.67. The van der Waals surface area contributed by atoms with E-state index in [2.05, 4.69) is 15.6 Å². The van der Waals surface area contributed by atoms with Gasteiger partial charge in [-0.2, -0.15) is 0 Å². The quantitative estimate of drug-likeness (QED) is 0.493. The van der Waals surface area contributed by atoms with Crippen LogP contribution in [0.5, 0.6) is 0 Å². The van der Waals surface area contributed by atoms with Crippen LogP contribution in [0.2, 0.25) is 0 Å². The number of rotatable bonds is 5. The van der Waals surface area contributed by atoms with Gasteiger partial charge >= 0.3 is 12.1 Å². The Kier molecular flexibility index (Phi) is 6.47. The Labute approximate surface area is 82.9 Å². The van der Waals surface area contributed by atoms with E-state index in [0.717, 1.165) is 6.42 Å². The molecule has 1 atom stereocenters. The largest absolute Gasteiger partial charge is 0.464 e. The summed E-state index contributed by atoms with van der Waals surface area (Å²) in [4.78, 5) is 21.2. The lowest BCUT2D eigenvalue weighted by atomic mass is 10.2. The molecule has 0 rings (SSSR count). The lowest BCUT2D eigenvalue weighted by Gasteiger charge is -2.16. The highest BCUT2D eigenvalue weighted by molar-refractivity contribution is 5.66. The van der Waals surface area contributed by atoms with Crippen molar-refractivity contribution in [1.29, 1.82) is 0 Å². The van der Waals surface area contributed by atoms with Crippen molar-refractivity contribution in [3.8, 4) is 0 Å². The standard InChI is InChI=1S/C8H16N2O4/c1-4-7(5-14-6(2)11)9-10-8(12)13-3/h7,9H,4-5H2,1-3H3,(H,10,12). The number of carbonyl (C=O) groups is 2. The molecule has 0 heterocycles. The second kappa shape index (κ2) is 7.14. The van der Waals surface area contributed by atoms with E-state index in [-0.39, 0.29) is 18.6 Å². The number of carbonyl (C=O) groups excluding carboxylic acids is 2. The molecule has 2 N–H and O–H groups in total. The van der Waals surface area contributed by atoms with Gasteiger partial charge in [0.05, 0.1) is 13.2 Å². The Morgan fingerprint density at radius 3 is 2.50 bits per heavy atom. The molecule has 0 aliphatic heterocycles. The Hall–Kier alpha value is -1.30. The third-order valence-electron chi connectivity index (χ3n) is 1.54. The predicted octanol–water partition coefficient (Wildman–Crippen LogP) is 0.189. The first-order chi connectivity index (χ1) is 6.60. The average Bonchev–Trinajstić information content (AvgIpc) is 2.17. The van der Waals surface area contributed by atoms with Crippen LogP contribution >= 0.6 is 0 Å². The first kappa shape index (κ1) is 12.7. The van der Waals surface area contributed by atoms with Crippen molar-refractivity contribution in [3.05, 3.63) is 0 Å². The zero-order valence-electron chi connectivity index (χ0n) is 8.62. The van der Waals surface area contributed by atoms with E-state index >= 15 is 0 Å². The summed E-state index contributed by atoms with van der Waals surface area (Å²) < 4.78 is 9.12. The summed E-state index contributed by atoms with van der Waals surface area (Å²) in [7, 11) is 1.27. The zero-order valence-corrected chi connectivity index (χ0v) is 8.62. The normalized spacial score (nSPS) is 11.6. The monoisotopic (exact) mass is 204 g/mol. The number of hydrogen-bond donors (Lipinski definition) is 2. The van der Waals surface area contributed by atoms with E-state index in [1.807, 2.05) is 6.92 Å². The van der Waals surface area contributed by atoms with Crippen LogP contribution < -0.4 is 10.9 Å². The Morgan fingerprint density at radius 2 is 2.07 bits per heavy atom.